The Hall–Kier alpha value is -3.12. The van der Waals surface area contributed by atoms with Gasteiger partial charge < -0.3 is 15.4 Å². The van der Waals surface area contributed by atoms with Gasteiger partial charge in [0.1, 0.15) is 11.6 Å². The normalized spacial score (nSPS) is 10.3. The van der Waals surface area contributed by atoms with E-state index in [1.54, 1.807) is 49.4 Å². The second-order valence-corrected chi connectivity index (χ2v) is 6.12. The molecule has 7 heteroatoms. The molecule has 1 aromatic heterocycles. The molecule has 0 unspecified atom stereocenters. The van der Waals surface area contributed by atoms with Crippen molar-refractivity contribution in [2.45, 2.75) is 13.8 Å². The third-order valence-electron chi connectivity index (χ3n) is 3.64. The fraction of sp³-hybridized carbons (Fsp3) is 0.150. The van der Waals surface area contributed by atoms with E-state index in [-0.39, 0.29) is 5.91 Å². The van der Waals surface area contributed by atoms with Crippen molar-refractivity contribution in [2.75, 3.05) is 17.2 Å². The summed E-state index contributed by atoms with van der Waals surface area (Å²) >= 11 is 6.06. The van der Waals surface area contributed by atoms with Gasteiger partial charge in [0.2, 0.25) is 5.88 Å². The number of halogens is 1. The van der Waals surface area contributed by atoms with E-state index in [1.807, 2.05) is 19.1 Å². The van der Waals surface area contributed by atoms with Crippen LogP contribution in [-0.4, -0.2) is 22.5 Å². The van der Waals surface area contributed by atoms with E-state index < -0.39 is 0 Å². The van der Waals surface area contributed by atoms with Gasteiger partial charge >= 0.3 is 0 Å². The van der Waals surface area contributed by atoms with Crippen molar-refractivity contribution in [2.24, 2.45) is 0 Å². The summed E-state index contributed by atoms with van der Waals surface area (Å²) in [5, 5.41) is 6.44. The van der Waals surface area contributed by atoms with Gasteiger partial charge in [-0.1, -0.05) is 23.7 Å². The Morgan fingerprint density at radius 1 is 1.07 bits per heavy atom. The van der Waals surface area contributed by atoms with Crippen LogP contribution in [0.5, 0.6) is 5.88 Å². The number of amides is 1. The van der Waals surface area contributed by atoms with Crippen LogP contribution < -0.4 is 15.4 Å². The summed E-state index contributed by atoms with van der Waals surface area (Å²) in [7, 11) is 0. The molecule has 0 aliphatic rings. The number of rotatable bonds is 6. The molecule has 138 valence electrons. The zero-order chi connectivity index (χ0) is 19.2. The number of ether oxygens (including phenoxy) is 1. The summed E-state index contributed by atoms with van der Waals surface area (Å²) in [6.07, 6.45) is 0. The van der Waals surface area contributed by atoms with E-state index in [0.29, 0.717) is 40.4 Å². The highest BCUT2D eigenvalue weighted by molar-refractivity contribution is 6.34. The third-order valence-corrected chi connectivity index (χ3v) is 3.97. The average Bonchev–Trinajstić information content (AvgIpc) is 2.63. The molecule has 6 nitrogen and oxygen atoms in total. The summed E-state index contributed by atoms with van der Waals surface area (Å²) in [5.74, 6) is 1.52. The Labute approximate surface area is 162 Å². The van der Waals surface area contributed by atoms with E-state index in [1.165, 1.54) is 0 Å². The average molecular weight is 383 g/mol. The van der Waals surface area contributed by atoms with Gasteiger partial charge in [-0.05, 0) is 50.2 Å². The van der Waals surface area contributed by atoms with Crippen LogP contribution in [-0.2, 0) is 0 Å². The van der Waals surface area contributed by atoms with Crippen molar-refractivity contribution in [3.8, 4) is 5.88 Å². The number of nitrogens with zero attached hydrogens (tertiary/aromatic N) is 2. The van der Waals surface area contributed by atoms with E-state index in [9.17, 15) is 4.79 Å². The van der Waals surface area contributed by atoms with Crippen molar-refractivity contribution >= 4 is 34.7 Å². The zero-order valence-electron chi connectivity index (χ0n) is 15.0. The topological polar surface area (TPSA) is 76.1 Å². The molecule has 0 aliphatic carbocycles. The molecule has 3 rings (SSSR count). The van der Waals surface area contributed by atoms with Crippen LogP contribution in [0.15, 0.2) is 54.6 Å². The van der Waals surface area contributed by atoms with Crippen LogP contribution in [0.3, 0.4) is 0 Å². The molecule has 1 heterocycles. The Balaban J connectivity index is 1.69. The first kappa shape index (κ1) is 18.7. The van der Waals surface area contributed by atoms with Crippen LogP contribution >= 0.6 is 11.6 Å². The van der Waals surface area contributed by atoms with E-state index in [0.717, 1.165) is 5.69 Å². The summed E-state index contributed by atoms with van der Waals surface area (Å²) in [5.41, 5.74) is 1.92. The van der Waals surface area contributed by atoms with Crippen molar-refractivity contribution in [1.29, 1.82) is 0 Å². The Kier molecular flexibility index (Phi) is 5.88. The minimum absolute atomic E-state index is 0.255. The van der Waals surface area contributed by atoms with Crippen molar-refractivity contribution in [3.63, 3.8) is 0 Å². The van der Waals surface area contributed by atoms with Gasteiger partial charge in [-0.25, -0.2) is 4.98 Å². The minimum atomic E-state index is -0.255. The molecule has 0 saturated carbocycles. The number of aromatic nitrogens is 2. The lowest BCUT2D eigenvalue weighted by Crippen LogP contribution is -2.12. The van der Waals surface area contributed by atoms with Crippen LogP contribution in [0.4, 0.5) is 17.2 Å². The van der Waals surface area contributed by atoms with Crippen LogP contribution in [0.2, 0.25) is 5.02 Å². The maximum Gasteiger partial charge on any atom is 0.257 e. The number of carbonyl (C=O) groups excluding carboxylic acids is 1. The van der Waals surface area contributed by atoms with E-state index in [4.69, 9.17) is 16.3 Å². The lowest BCUT2D eigenvalue weighted by molar-refractivity contribution is 0.102. The summed E-state index contributed by atoms with van der Waals surface area (Å²) < 4.78 is 5.43. The molecular weight excluding hydrogens is 364 g/mol. The molecule has 27 heavy (non-hydrogen) atoms. The van der Waals surface area contributed by atoms with Crippen LogP contribution in [0.1, 0.15) is 23.1 Å². The van der Waals surface area contributed by atoms with Crippen molar-refractivity contribution in [3.05, 3.63) is 71.0 Å². The number of carbonyl (C=O) groups is 1. The fourth-order valence-corrected chi connectivity index (χ4v) is 2.68. The Morgan fingerprint density at radius 2 is 1.78 bits per heavy atom. The molecule has 0 radical (unpaired) electrons. The first-order chi connectivity index (χ1) is 13.0. The van der Waals surface area contributed by atoms with Crippen molar-refractivity contribution < 1.29 is 9.53 Å². The second kappa shape index (κ2) is 8.51. The maximum absolute atomic E-state index is 12.3. The predicted molar refractivity (Wildman–Crippen MR) is 107 cm³/mol. The monoisotopic (exact) mass is 382 g/mol. The number of aryl methyl sites for hydroxylation is 1. The Morgan fingerprint density at radius 3 is 2.48 bits per heavy atom. The third kappa shape index (κ3) is 4.95. The van der Waals surface area contributed by atoms with E-state index in [2.05, 4.69) is 20.6 Å². The fourth-order valence-electron chi connectivity index (χ4n) is 2.45. The first-order valence-corrected chi connectivity index (χ1v) is 8.84. The molecular formula is C20H19ClN4O2. The minimum Gasteiger partial charge on any atom is -0.478 e. The Bertz CT molecular complexity index is 945. The van der Waals surface area contributed by atoms with Gasteiger partial charge in [0, 0.05) is 17.4 Å². The second-order valence-electron chi connectivity index (χ2n) is 5.71. The molecule has 2 N–H and O–H groups in total. The van der Waals surface area contributed by atoms with Gasteiger partial charge in [-0.2, -0.15) is 4.98 Å². The largest absolute Gasteiger partial charge is 0.478 e. The number of benzene rings is 2. The molecule has 2 aromatic carbocycles. The highest BCUT2D eigenvalue weighted by atomic mass is 35.5. The zero-order valence-corrected chi connectivity index (χ0v) is 15.7. The summed E-state index contributed by atoms with van der Waals surface area (Å²) in [6.45, 7) is 4.25. The summed E-state index contributed by atoms with van der Waals surface area (Å²) in [6, 6.07) is 16.0. The smallest absolute Gasteiger partial charge is 0.257 e. The molecule has 0 bridgehead atoms. The molecule has 3 aromatic rings. The number of hydrogen-bond acceptors (Lipinski definition) is 5. The van der Waals surface area contributed by atoms with Gasteiger partial charge in [0.05, 0.1) is 17.2 Å². The maximum atomic E-state index is 12.3. The predicted octanol–water partition coefficient (Wildman–Crippen LogP) is 4.83. The first-order valence-electron chi connectivity index (χ1n) is 8.46. The highest BCUT2D eigenvalue weighted by Gasteiger charge is 2.10. The standard InChI is InChI=1S/C20H19ClN4O2/c1-3-27-19-12-18(22-13(2)23-19)24-14-8-10-15(11-9-14)25-20(26)16-6-4-5-7-17(16)21/h4-12H,3H2,1-2H3,(H,25,26)(H,22,23,24). The van der Waals surface area contributed by atoms with Gasteiger partial charge in [-0.3, -0.25) is 4.79 Å². The van der Waals surface area contributed by atoms with Gasteiger partial charge in [0.15, 0.2) is 0 Å². The van der Waals surface area contributed by atoms with Gasteiger partial charge in [0.25, 0.3) is 5.91 Å². The lowest BCUT2D eigenvalue weighted by atomic mass is 10.2. The molecule has 1 amide bonds. The highest BCUT2D eigenvalue weighted by Crippen LogP contribution is 2.22. The molecule has 0 saturated heterocycles. The quantitative estimate of drug-likeness (QED) is 0.638. The number of anilines is 3. The van der Waals surface area contributed by atoms with Crippen LogP contribution in [0, 0.1) is 6.92 Å². The molecule has 0 spiro atoms. The van der Waals surface area contributed by atoms with Crippen LogP contribution in [0.25, 0.3) is 0 Å². The molecule has 0 atom stereocenters. The molecule has 0 fully saturated rings. The molecule has 0 aliphatic heterocycles. The summed E-state index contributed by atoms with van der Waals surface area (Å²) in [4.78, 5) is 20.9. The van der Waals surface area contributed by atoms with Crippen molar-refractivity contribution in [1.82, 2.24) is 9.97 Å². The van der Waals surface area contributed by atoms with E-state index >= 15 is 0 Å². The number of hydrogen-bond donors (Lipinski definition) is 2. The SMILES string of the molecule is CCOc1cc(Nc2ccc(NC(=O)c3ccccc3Cl)cc2)nc(C)n1. The van der Waals surface area contributed by atoms with Gasteiger partial charge in [-0.15, -0.1) is 0 Å². The lowest BCUT2D eigenvalue weighted by Gasteiger charge is -2.10. The number of nitrogens with one attached hydrogen (secondary N) is 2.